The summed E-state index contributed by atoms with van der Waals surface area (Å²) in [5.74, 6) is 1.55. The van der Waals surface area contributed by atoms with Crippen molar-refractivity contribution in [1.29, 1.82) is 0 Å². The zero-order valence-corrected chi connectivity index (χ0v) is 17.1. The lowest BCUT2D eigenvalue weighted by Crippen LogP contribution is -2.50. The van der Waals surface area contributed by atoms with Gasteiger partial charge in [0.1, 0.15) is 11.5 Å². The molecule has 0 spiro atoms. The van der Waals surface area contributed by atoms with Gasteiger partial charge in [-0.2, -0.15) is 0 Å². The van der Waals surface area contributed by atoms with E-state index in [0.717, 1.165) is 53.5 Å². The number of amides is 2. The highest BCUT2D eigenvalue weighted by atomic mass is 16.5. The summed E-state index contributed by atoms with van der Waals surface area (Å²) < 4.78 is 10.8. The third kappa shape index (κ3) is 4.16. The highest BCUT2D eigenvalue weighted by Crippen LogP contribution is 2.32. The second-order valence-corrected chi connectivity index (χ2v) is 6.90. The Balaban J connectivity index is 1.65. The Bertz CT molecular complexity index is 830. The normalized spacial score (nSPS) is 14.0. The number of ether oxygens (including phenoxy) is 2. The number of anilines is 2. The standard InChI is InChI=1S/C22H29N3O3/c1-5-17-8-6-7-16(2)21(17)23-22(26)25-13-11-24(12-14-25)19-10-9-18(27-3)15-20(19)28-4/h6-10,15H,5,11-14H2,1-4H3,(H,23,26). The van der Waals surface area contributed by atoms with E-state index < -0.39 is 0 Å². The SMILES string of the molecule is CCc1cccc(C)c1NC(=O)N1CCN(c2ccc(OC)cc2OC)CC1. The van der Waals surface area contributed by atoms with E-state index in [4.69, 9.17) is 9.47 Å². The first-order valence-electron chi connectivity index (χ1n) is 9.68. The minimum Gasteiger partial charge on any atom is -0.497 e. The van der Waals surface area contributed by atoms with Crippen LogP contribution in [0.4, 0.5) is 16.2 Å². The van der Waals surface area contributed by atoms with E-state index in [-0.39, 0.29) is 6.03 Å². The quantitative estimate of drug-likeness (QED) is 0.850. The van der Waals surface area contributed by atoms with Crippen molar-refractivity contribution in [2.45, 2.75) is 20.3 Å². The van der Waals surface area contributed by atoms with Crippen LogP contribution >= 0.6 is 0 Å². The average molecular weight is 383 g/mol. The zero-order valence-electron chi connectivity index (χ0n) is 17.1. The van der Waals surface area contributed by atoms with Gasteiger partial charge in [0.05, 0.1) is 19.9 Å². The molecule has 3 rings (SSSR count). The summed E-state index contributed by atoms with van der Waals surface area (Å²) in [6, 6.07) is 11.9. The van der Waals surface area contributed by atoms with E-state index in [1.54, 1.807) is 14.2 Å². The molecule has 2 amide bonds. The first kappa shape index (κ1) is 19.9. The van der Waals surface area contributed by atoms with Crippen molar-refractivity contribution in [2.75, 3.05) is 50.6 Å². The van der Waals surface area contributed by atoms with Crippen molar-refractivity contribution >= 4 is 17.4 Å². The van der Waals surface area contributed by atoms with Crippen molar-refractivity contribution in [3.63, 3.8) is 0 Å². The summed E-state index contributed by atoms with van der Waals surface area (Å²) in [5, 5.41) is 3.12. The Morgan fingerprint density at radius 3 is 2.46 bits per heavy atom. The number of methoxy groups -OCH3 is 2. The maximum atomic E-state index is 12.8. The van der Waals surface area contributed by atoms with Crippen LogP contribution in [-0.4, -0.2) is 51.3 Å². The van der Waals surface area contributed by atoms with Crippen molar-refractivity contribution in [3.05, 3.63) is 47.5 Å². The van der Waals surface area contributed by atoms with Crippen LogP contribution in [-0.2, 0) is 6.42 Å². The maximum absolute atomic E-state index is 12.8. The average Bonchev–Trinajstić information content (AvgIpc) is 2.74. The van der Waals surface area contributed by atoms with Gasteiger partial charge in [0.15, 0.2) is 0 Å². The van der Waals surface area contributed by atoms with Crippen LogP contribution < -0.4 is 19.7 Å². The summed E-state index contributed by atoms with van der Waals surface area (Å²) in [4.78, 5) is 16.9. The lowest BCUT2D eigenvalue weighted by atomic mass is 10.1. The number of nitrogens with zero attached hydrogens (tertiary/aromatic N) is 2. The van der Waals surface area contributed by atoms with Crippen molar-refractivity contribution in [2.24, 2.45) is 0 Å². The number of nitrogens with one attached hydrogen (secondary N) is 1. The van der Waals surface area contributed by atoms with Crippen molar-refractivity contribution in [3.8, 4) is 11.5 Å². The molecular formula is C22H29N3O3. The molecule has 1 saturated heterocycles. The van der Waals surface area contributed by atoms with E-state index in [1.165, 1.54) is 0 Å². The molecule has 0 radical (unpaired) electrons. The Labute approximate surface area is 167 Å². The minimum atomic E-state index is -0.0367. The van der Waals surface area contributed by atoms with Gasteiger partial charge in [-0.15, -0.1) is 0 Å². The van der Waals surface area contributed by atoms with Gasteiger partial charge in [-0.05, 0) is 36.6 Å². The fourth-order valence-electron chi connectivity index (χ4n) is 3.58. The van der Waals surface area contributed by atoms with Gasteiger partial charge in [-0.1, -0.05) is 25.1 Å². The number of piperazine rings is 1. The van der Waals surface area contributed by atoms with Gasteiger partial charge < -0.3 is 24.6 Å². The molecule has 1 aliphatic rings. The highest BCUT2D eigenvalue weighted by Gasteiger charge is 2.24. The summed E-state index contributed by atoms with van der Waals surface area (Å²) in [5.41, 5.74) is 4.22. The molecule has 6 nitrogen and oxygen atoms in total. The number of para-hydroxylation sites is 1. The number of hydrogen-bond acceptors (Lipinski definition) is 4. The molecule has 1 aliphatic heterocycles. The molecule has 2 aromatic carbocycles. The van der Waals surface area contributed by atoms with Crippen LogP contribution in [0.1, 0.15) is 18.1 Å². The van der Waals surface area contributed by atoms with Crippen molar-refractivity contribution < 1.29 is 14.3 Å². The Hall–Kier alpha value is -2.89. The molecule has 28 heavy (non-hydrogen) atoms. The first-order chi connectivity index (χ1) is 13.6. The number of rotatable bonds is 5. The maximum Gasteiger partial charge on any atom is 0.321 e. The molecule has 150 valence electrons. The van der Waals surface area contributed by atoms with Gasteiger partial charge in [0.25, 0.3) is 0 Å². The predicted octanol–water partition coefficient (Wildman–Crippen LogP) is 3.93. The second-order valence-electron chi connectivity index (χ2n) is 6.90. The fourth-order valence-corrected chi connectivity index (χ4v) is 3.58. The van der Waals surface area contributed by atoms with Gasteiger partial charge in [0.2, 0.25) is 0 Å². The Morgan fingerprint density at radius 1 is 1.07 bits per heavy atom. The van der Waals surface area contributed by atoms with Crippen LogP contribution in [0, 0.1) is 6.92 Å². The molecule has 0 aromatic heterocycles. The Kier molecular flexibility index (Phi) is 6.29. The number of benzene rings is 2. The van der Waals surface area contributed by atoms with Gasteiger partial charge >= 0.3 is 6.03 Å². The zero-order chi connectivity index (χ0) is 20.1. The van der Waals surface area contributed by atoms with Gasteiger partial charge in [0, 0.05) is 37.9 Å². The molecule has 1 N–H and O–H groups in total. The Morgan fingerprint density at radius 2 is 1.82 bits per heavy atom. The summed E-state index contributed by atoms with van der Waals surface area (Å²) in [6.07, 6.45) is 0.891. The van der Waals surface area contributed by atoms with E-state index in [2.05, 4.69) is 23.2 Å². The minimum absolute atomic E-state index is 0.0367. The number of carbonyl (C=O) groups excluding carboxylic acids is 1. The second kappa shape index (κ2) is 8.87. The molecule has 1 fully saturated rings. The van der Waals surface area contributed by atoms with Gasteiger partial charge in [-0.3, -0.25) is 0 Å². The van der Waals surface area contributed by atoms with Crippen molar-refractivity contribution in [1.82, 2.24) is 4.90 Å². The van der Waals surface area contributed by atoms with E-state index in [9.17, 15) is 4.79 Å². The molecule has 0 aliphatic carbocycles. The van der Waals surface area contributed by atoms with E-state index in [1.807, 2.05) is 42.2 Å². The lowest BCUT2D eigenvalue weighted by Gasteiger charge is -2.36. The summed E-state index contributed by atoms with van der Waals surface area (Å²) in [6.45, 7) is 6.96. The topological polar surface area (TPSA) is 54.0 Å². The molecule has 2 aromatic rings. The summed E-state index contributed by atoms with van der Waals surface area (Å²) in [7, 11) is 3.31. The molecule has 0 unspecified atom stereocenters. The molecule has 0 atom stereocenters. The molecule has 6 heteroatoms. The van der Waals surface area contributed by atoms with Crippen LogP contribution in [0.15, 0.2) is 36.4 Å². The number of hydrogen-bond donors (Lipinski definition) is 1. The number of carbonyl (C=O) groups is 1. The smallest absolute Gasteiger partial charge is 0.321 e. The first-order valence-corrected chi connectivity index (χ1v) is 9.68. The molecular weight excluding hydrogens is 354 g/mol. The summed E-state index contributed by atoms with van der Waals surface area (Å²) >= 11 is 0. The van der Waals surface area contributed by atoms with Crippen LogP contribution in [0.25, 0.3) is 0 Å². The van der Waals surface area contributed by atoms with E-state index >= 15 is 0 Å². The van der Waals surface area contributed by atoms with E-state index in [0.29, 0.717) is 13.1 Å². The van der Waals surface area contributed by atoms with Crippen LogP contribution in [0.3, 0.4) is 0 Å². The molecule has 0 bridgehead atoms. The van der Waals surface area contributed by atoms with Crippen LogP contribution in [0.5, 0.6) is 11.5 Å². The third-order valence-corrected chi connectivity index (χ3v) is 5.27. The highest BCUT2D eigenvalue weighted by molar-refractivity contribution is 5.91. The third-order valence-electron chi connectivity index (χ3n) is 5.27. The fraction of sp³-hybridized carbons (Fsp3) is 0.409. The number of urea groups is 1. The van der Waals surface area contributed by atoms with Crippen LogP contribution in [0.2, 0.25) is 0 Å². The molecule has 1 heterocycles. The largest absolute Gasteiger partial charge is 0.497 e. The lowest BCUT2D eigenvalue weighted by molar-refractivity contribution is 0.208. The monoisotopic (exact) mass is 383 g/mol. The number of aryl methyl sites for hydroxylation is 2. The molecule has 0 saturated carbocycles. The predicted molar refractivity (Wildman–Crippen MR) is 113 cm³/mol. The van der Waals surface area contributed by atoms with Gasteiger partial charge in [-0.25, -0.2) is 4.79 Å².